The van der Waals surface area contributed by atoms with Gasteiger partial charge in [-0.05, 0) is 25.2 Å². The molecule has 0 bridgehead atoms. The lowest BCUT2D eigenvalue weighted by molar-refractivity contribution is 0.252. The van der Waals surface area contributed by atoms with Crippen LogP contribution in [0.2, 0.25) is 0 Å². The standard InChI is InChI=1S/C12H20N2S/c1-9(2)6-10-7-15-11(14-10)12(8-13)4-3-5-12/h7,9H,3-6,8,13H2,1-2H3. The van der Waals surface area contributed by atoms with Crippen LogP contribution in [-0.4, -0.2) is 11.5 Å². The first-order valence-corrected chi connectivity index (χ1v) is 6.69. The summed E-state index contributed by atoms with van der Waals surface area (Å²) in [6, 6.07) is 0. The Hall–Kier alpha value is -0.410. The zero-order valence-electron chi connectivity index (χ0n) is 9.62. The lowest BCUT2D eigenvalue weighted by Crippen LogP contribution is -2.41. The second-order valence-corrected chi connectivity index (χ2v) is 5.94. The molecule has 1 saturated carbocycles. The van der Waals surface area contributed by atoms with Gasteiger partial charge in [0.1, 0.15) is 5.01 Å². The minimum Gasteiger partial charge on any atom is -0.329 e. The van der Waals surface area contributed by atoms with Gasteiger partial charge in [0.25, 0.3) is 0 Å². The molecule has 0 aromatic carbocycles. The Labute approximate surface area is 95.9 Å². The van der Waals surface area contributed by atoms with Crippen LogP contribution >= 0.6 is 11.3 Å². The summed E-state index contributed by atoms with van der Waals surface area (Å²) in [6.45, 7) is 5.24. The third-order valence-corrected chi connectivity index (χ3v) is 4.46. The van der Waals surface area contributed by atoms with Crippen LogP contribution in [0.25, 0.3) is 0 Å². The van der Waals surface area contributed by atoms with Crippen LogP contribution < -0.4 is 5.73 Å². The van der Waals surface area contributed by atoms with Gasteiger partial charge in [-0.15, -0.1) is 11.3 Å². The van der Waals surface area contributed by atoms with Gasteiger partial charge in [-0.25, -0.2) is 4.98 Å². The summed E-state index contributed by atoms with van der Waals surface area (Å²) >= 11 is 1.81. The molecule has 0 aliphatic heterocycles. The fraction of sp³-hybridized carbons (Fsp3) is 0.750. The Balaban J connectivity index is 2.12. The lowest BCUT2D eigenvalue weighted by Gasteiger charge is -2.38. The van der Waals surface area contributed by atoms with Crippen LogP contribution in [-0.2, 0) is 11.8 Å². The summed E-state index contributed by atoms with van der Waals surface area (Å²) in [4.78, 5) is 4.75. The molecule has 1 aromatic rings. The minimum atomic E-state index is 0.250. The number of rotatable bonds is 4. The monoisotopic (exact) mass is 224 g/mol. The topological polar surface area (TPSA) is 38.9 Å². The van der Waals surface area contributed by atoms with Crippen LogP contribution in [0.1, 0.15) is 43.8 Å². The number of nitrogens with two attached hydrogens (primary N) is 1. The number of hydrogen-bond donors (Lipinski definition) is 1. The van der Waals surface area contributed by atoms with E-state index in [9.17, 15) is 0 Å². The highest BCUT2D eigenvalue weighted by atomic mass is 32.1. The molecule has 0 radical (unpaired) electrons. The van der Waals surface area contributed by atoms with Crippen molar-refractivity contribution in [3.63, 3.8) is 0 Å². The van der Waals surface area contributed by atoms with Gasteiger partial charge in [-0.3, -0.25) is 0 Å². The number of hydrogen-bond acceptors (Lipinski definition) is 3. The molecular formula is C12H20N2S. The molecule has 1 heterocycles. The first kappa shape index (κ1) is 11.1. The van der Waals surface area contributed by atoms with E-state index in [1.165, 1.54) is 30.0 Å². The highest BCUT2D eigenvalue weighted by Gasteiger charge is 2.39. The highest BCUT2D eigenvalue weighted by Crippen LogP contribution is 2.44. The average molecular weight is 224 g/mol. The van der Waals surface area contributed by atoms with Gasteiger partial charge >= 0.3 is 0 Å². The molecule has 0 amide bonds. The summed E-state index contributed by atoms with van der Waals surface area (Å²) in [5.74, 6) is 0.690. The summed E-state index contributed by atoms with van der Waals surface area (Å²) in [5.41, 5.74) is 7.38. The Morgan fingerprint density at radius 1 is 1.53 bits per heavy atom. The average Bonchev–Trinajstić information content (AvgIpc) is 2.51. The van der Waals surface area contributed by atoms with Crippen molar-refractivity contribution in [1.82, 2.24) is 4.98 Å². The normalized spacial score (nSPS) is 19.2. The van der Waals surface area contributed by atoms with Crippen LogP contribution in [0.3, 0.4) is 0 Å². The smallest absolute Gasteiger partial charge is 0.100 e. The molecule has 3 heteroatoms. The molecule has 1 aliphatic rings. The first-order valence-electron chi connectivity index (χ1n) is 5.81. The second-order valence-electron chi connectivity index (χ2n) is 5.08. The molecule has 1 fully saturated rings. The third-order valence-electron chi connectivity index (χ3n) is 3.32. The van der Waals surface area contributed by atoms with Gasteiger partial charge in [0.2, 0.25) is 0 Å². The zero-order chi connectivity index (χ0) is 10.9. The number of aromatic nitrogens is 1. The maximum Gasteiger partial charge on any atom is 0.100 e. The fourth-order valence-corrected chi connectivity index (χ4v) is 3.28. The van der Waals surface area contributed by atoms with Gasteiger partial charge in [0.15, 0.2) is 0 Å². The summed E-state index contributed by atoms with van der Waals surface area (Å²) in [7, 11) is 0. The van der Waals surface area contributed by atoms with Gasteiger partial charge < -0.3 is 5.73 Å². The van der Waals surface area contributed by atoms with Crippen molar-refractivity contribution in [2.75, 3.05) is 6.54 Å². The Kier molecular flexibility index (Phi) is 3.12. The van der Waals surface area contributed by atoms with Crippen molar-refractivity contribution in [2.45, 2.75) is 44.9 Å². The Morgan fingerprint density at radius 3 is 2.73 bits per heavy atom. The van der Waals surface area contributed by atoms with Gasteiger partial charge in [0, 0.05) is 17.3 Å². The zero-order valence-corrected chi connectivity index (χ0v) is 10.4. The summed E-state index contributed by atoms with van der Waals surface area (Å²) < 4.78 is 0. The molecule has 1 aliphatic carbocycles. The van der Waals surface area contributed by atoms with E-state index in [4.69, 9.17) is 10.7 Å². The van der Waals surface area contributed by atoms with Gasteiger partial charge in [0.05, 0.1) is 5.69 Å². The number of nitrogens with zero attached hydrogens (tertiary/aromatic N) is 1. The third kappa shape index (κ3) is 2.08. The predicted octanol–water partition coefficient (Wildman–Crippen LogP) is 2.72. The molecule has 0 saturated heterocycles. The molecule has 2 N–H and O–H groups in total. The molecule has 1 aromatic heterocycles. The summed E-state index contributed by atoms with van der Waals surface area (Å²) in [6.07, 6.45) is 4.88. The molecule has 15 heavy (non-hydrogen) atoms. The predicted molar refractivity (Wildman–Crippen MR) is 65.2 cm³/mol. The van der Waals surface area contributed by atoms with Crippen molar-refractivity contribution in [1.29, 1.82) is 0 Å². The quantitative estimate of drug-likeness (QED) is 0.854. The van der Waals surface area contributed by atoms with Gasteiger partial charge in [-0.1, -0.05) is 20.3 Å². The minimum absolute atomic E-state index is 0.250. The van der Waals surface area contributed by atoms with Crippen LogP contribution in [0.4, 0.5) is 0 Å². The first-order chi connectivity index (χ1) is 7.16. The van der Waals surface area contributed by atoms with E-state index >= 15 is 0 Å². The fourth-order valence-electron chi connectivity index (χ4n) is 2.17. The maximum absolute atomic E-state index is 5.88. The SMILES string of the molecule is CC(C)Cc1csc(C2(CN)CCC2)n1. The van der Waals surface area contributed by atoms with Crippen molar-refractivity contribution in [3.05, 3.63) is 16.1 Å². The maximum atomic E-state index is 5.88. The van der Waals surface area contributed by atoms with E-state index in [2.05, 4.69) is 19.2 Å². The van der Waals surface area contributed by atoms with Crippen molar-refractivity contribution in [3.8, 4) is 0 Å². The van der Waals surface area contributed by atoms with E-state index in [0.29, 0.717) is 5.92 Å². The molecule has 0 spiro atoms. The second kappa shape index (κ2) is 4.22. The lowest BCUT2D eigenvalue weighted by atomic mass is 9.69. The van der Waals surface area contributed by atoms with E-state index < -0.39 is 0 Å². The number of thiazole rings is 1. The highest BCUT2D eigenvalue weighted by molar-refractivity contribution is 7.09. The van der Waals surface area contributed by atoms with Crippen LogP contribution in [0, 0.1) is 5.92 Å². The molecular weight excluding hydrogens is 204 g/mol. The molecule has 2 nitrogen and oxygen atoms in total. The van der Waals surface area contributed by atoms with Crippen LogP contribution in [0.5, 0.6) is 0 Å². The van der Waals surface area contributed by atoms with Crippen LogP contribution in [0.15, 0.2) is 5.38 Å². The molecule has 0 atom stereocenters. The molecule has 2 rings (SSSR count). The Bertz CT molecular complexity index is 321. The van der Waals surface area contributed by atoms with E-state index in [1.807, 2.05) is 11.3 Å². The summed E-state index contributed by atoms with van der Waals surface area (Å²) in [5, 5.41) is 3.50. The van der Waals surface area contributed by atoms with Crippen molar-refractivity contribution >= 4 is 11.3 Å². The van der Waals surface area contributed by atoms with E-state index in [-0.39, 0.29) is 5.41 Å². The molecule has 0 unspecified atom stereocenters. The van der Waals surface area contributed by atoms with Gasteiger partial charge in [-0.2, -0.15) is 0 Å². The van der Waals surface area contributed by atoms with Crippen molar-refractivity contribution in [2.24, 2.45) is 11.7 Å². The van der Waals surface area contributed by atoms with E-state index in [0.717, 1.165) is 13.0 Å². The largest absolute Gasteiger partial charge is 0.329 e. The van der Waals surface area contributed by atoms with E-state index in [1.54, 1.807) is 0 Å². The molecule has 84 valence electrons. The Morgan fingerprint density at radius 2 is 2.27 bits per heavy atom. The van der Waals surface area contributed by atoms with Crippen molar-refractivity contribution < 1.29 is 0 Å².